The van der Waals surface area contributed by atoms with Crippen LogP contribution in [-0.2, 0) is 13.1 Å². The zero-order chi connectivity index (χ0) is 32.4. The molecule has 240 valence electrons. The van der Waals surface area contributed by atoms with Crippen LogP contribution in [0.4, 0.5) is 26.0 Å². The van der Waals surface area contributed by atoms with E-state index in [2.05, 4.69) is 20.2 Å². The minimum absolute atomic E-state index is 0.0949. The van der Waals surface area contributed by atoms with Crippen LogP contribution in [-0.4, -0.2) is 48.1 Å². The summed E-state index contributed by atoms with van der Waals surface area (Å²) in [4.78, 5) is 27.1. The maximum absolute atomic E-state index is 14.9. The lowest BCUT2D eigenvalue weighted by atomic mass is 9.93. The molecule has 1 N–H and O–H groups in total. The largest absolute Gasteiger partial charge is 0.497 e. The van der Waals surface area contributed by atoms with Crippen molar-refractivity contribution in [1.82, 2.24) is 14.9 Å². The summed E-state index contributed by atoms with van der Waals surface area (Å²) in [5.41, 5.74) is 3.42. The van der Waals surface area contributed by atoms with Crippen LogP contribution in [0.3, 0.4) is 0 Å². The van der Waals surface area contributed by atoms with E-state index in [1.54, 1.807) is 31.3 Å². The van der Waals surface area contributed by atoms with Gasteiger partial charge in [0.1, 0.15) is 29.0 Å². The number of piperidine rings is 1. The van der Waals surface area contributed by atoms with Crippen molar-refractivity contribution in [2.75, 3.05) is 37.5 Å². The number of pyridine rings is 2. The van der Waals surface area contributed by atoms with Crippen molar-refractivity contribution in [1.29, 1.82) is 0 Å². The molecule has 0 bridgehead atoms. The van der Waals surface area contributed by atoms with Crippen LogP contribution in [0.5, 0.6) is 11.5 Å². The Morgan fingerprint density at radius 3 is 2.28 bits per heavy atom. The number of nitrogens with zero attached hydrogens (tertiary/aromatic N) is 4. The lowest BCUT2D eigenvalue weighted by molar-refractivity contribution is 0.0766. The van der Waals surface area contributed by atoms with Crippen LogP contribution in [0.25, 0.3) is 11.3 Å². The topological polar surface area (TPSA) is 79.8 Å². The molecule has 2 fully saturated rings. The maximum atomic E-state index is 14.9. The third-order valence-corrected chi connectivity index (χ3v) is 9.17. The Hall–Kier alpha value is -4.73. The molecule has 4 aromatic rings. The van der Waals surface area contributed by atoms with E-state index in [0.717, 1.165) is 24.3 Å². The summed E-state index contributed by atoms with van der Waals surface area (Å²) in [7, 11) is 3.13. The molecular weight excluding hydrogens is 588 g/mol. The summed E-state index contributed by atoms with van der Waals surface area (Å²) < 4.78 is 40.6. The zero-order valence-corrected chi connectivity index (χ0v) is 26.7. The molecule has 8 nitrogen and oxygen atoms in total. The van der Waals surface area contributed by atoms with Gasteiger partial charge in [0.05, 0.1) is 67.4 Å². The molecule has 10 heteroatoms. The number of benzene rings is 2. The Morgan fingerprint density at radius 1 is 0.913 bits per heavy atom. The highest BCUT2D eigenvalue weighted by Crippen LogP contribution is 2.54. The zero-order valence-electron chi connectivity index (χ0n) is 26.7. The molecule has 2 aliphatic heterocycles. The number of carbonyl (C=O) groups is 1. The Kier molecular flexibility index (Phi) is 8.80. The smallest absolute Gasteiger partial charge is 0.258 e. The molecular formula is C36H39F2N5O3. The molecule has 1 saturated carbocycles. The van der Waals surface area contributed by atoms with Gasteiger partial charge in [-0.05, 0) is 73.6 Å². The van der Waals surface area contributed by atoms with Crippen molar-refractivity contribution >= 4 is 23.1 Å². The Bertz CT molecular complexity index is 1710. The number of halogens is 2. The summed E-state index contributed by atoms with van der Waals surface area (Å²) in [6, 6.07) is 14.5. The van der Waals surface area contributed by atoms with Gasteiger partial charge in [-0.1, -0.05) is 19.9 Å². The molecule has 46 heavy (non-hydrogen) atoms. The van der Waals surface area contributed by atoms with Crippen molar-refractivity contribution in [3.8, 4) is 22.8 Å². The molecule has 3 aliphatic rings. The van der Waals surface area contributed by atoms with Crippen molar-refractivity contribution in [2.45, 2.75) is 52.6 Å². The predicted octanol–water partition coefficient (Wildman–Crippen LogP) is 7.75. The number of aromatic nitrogens is 2. The van der Waals surface area contributed by atoms with Gasteiger partial charge in [0, 0.05) is 24.7 Å². The quantitative estimate of drug-likeness (QED) is 0.214. The summed E-state index contributed by atoms with van der Waals surface area (Å²) in [5.74, 6) is 0.0121. The second kappa shape index (κ2) is 12.9. The predicted molar refractivity (Wildman–Crippen MR) is 175 cm³/mol. The van der Waals surface area contributed by atoms with Crippen molar-refractivity contribution in [3.63, 3.8) is 0 Å². The molecule has 0 atom stereocenters. The van der Waals surface area contributed by atoms with E-state index in [1.165, 1.54) is 49.9 Å². The molecule has 1 aliphatic carbocycles. The molecule has 0 unspecified atom stereocenters. The number of hydrogen-bond donors (Lipinski definition) is 1. The summed E-state index contributed by atoms with van der Waals surface area (Å²) in [5, 5.41) is 3.26. The molecule has 1 spiro atoms. The fourth-order valence-corrected chi connectivity index (χ4v) is 6.35. The number of amides is 1. The number of hydrogen-bond acceptors (Lipinski definition) is 7. The van der Waals surface area contributed by atoms with E-state index in [-0.39, 0.29) is 30.3 Å². The lowest BCUT2D eigenvalue weighted by Crippen LogP contribution is -2.34. The van der Waals surface area contributed by atoms with E-state index < -0.39 is 11.6 Å². The van der Waals surface area contributed by atoms with Crippen LogP contribution >= 0.6 is 0 Å². The van der Waals surface area contributed by atoms with Crippen LogP contribution < -0.4 is 19.7 Å². The lowest BCUT2D eigenvalue weighted by Gasteiger charge is -2.33. The van der Waals surface area contributed by atoms with Crippen molar-refractivity contribution < 1.29 is 23.0 Å². The van der Waals surface area contributed by atoms with Gasteiger partial charge in [-0.15, -0.1) is 0 Å². The molecule has 7 rings (SSSR count). The number of fused-ring (bicyclic) bond motifs is 1. The van der Waals surface area contributed by atoms with Gasteiger partial charge in [0.25, 0.3) is 5.91 Å². The van der Waals surface area contributed by atoms with Crippen LogP contribution in [0, 0.1) is 17.0 Å². The standard InChI is InChI=1S/C34H33F2N5O3.C2H6/c1-43-23-8-6-21(29(16-23)44-2)19-41-20-28-32(33(41)42)27(17-26(38-28)31-24(35)4-3-5-25(31)36)39-30-9-7-22(18-37-30)40-14-12-34(10-11-34)13-15-40;1-2/h3-9,16-18H,10-15,19-20H2,1-2H3,(H,37,38,39);1-2H3. The molecule has 1 saturated heterocycles. The average molecular weight is 628 g/mol. The van der Waals surface area contributed by atoms with Crippen molar-refractivity contribution in [2.24, 2.45) is 5.41 Å². The molecule has 4 heterocycles. The average Bonchev–Trinajstić information content (AvgIpc) is 3.76. The highest BCUT2D eigenvalue weighted by Gasteiger charge is 2.44. The number of anilines is 3. The maximum Gasteiger partial charge on any atom is 0.258 e. The molecule has 0 radical (unpaired) electrons. The van der Waals surface area contributed by atoms with E-state index in [0.29, 0.717) is 39.7 Å². The van der Waals surface area contributed by atoms with E-state index in [1.807, 2.05) is 38.2 Å². The second-order valence-electron chi connectivity index (χ2n) is 11.8. The normalized spacial score (nSPS) is 16.1. The first-order chi connectivity index (χ1) is 22.4. The highest BCUT2D eigenvalue weighted by atomic mass is 19.1. The number of nitrogens with one attached hydrogen (secondary N) is 1. The second-order valence-corrected chi connectivity index (χ2v) is 11.8. The van der Waals surface area contributed by atoms with Gasteiger partial charge in [-0.25, -0.2) is 18.7 Å². The van der Waals surface area contributed by atoms with E-state index >= 15 is 0 Å². The minimum atomic E-state index is -0.732. The Morgan fingerprint density at radius 2 is 1.65 bits per heavy atom. The number of rotatable bonds is 8. The summed E-state index contributed by atoms with van der Waals surface area (Å²) in [6.07, 6.45) is 6.96. The Balaban J connectivity index is 0.00000182. The van der Waals surface area contributed by atoms with Gasteiger partial charge in [0.15, 0.2) is 0 Å². The first kappa shape index (κ1) is 31.3. The number of methoxy groups -OCH3 is 2. The van der Waals surface area contributed by atoms with Crippen LogP contribution in [0.1, 0.15) is 61.1 Å². The highest BCUT2D eigenvalue weighted by molar-refractivity contribution is 6.04. The number of carbonyl (C=O) groups excluding carboxylic acids is 1. The van der Waals surface area contributed by atoms with E-state index in [4.69, 9.17) is 9.47 Å². The Labute approximate surface area is 268 Å². The fourth-order valence-electron chi connectivity index (χ4n) is 6.35. The van der Waals surface area contributed by atoms with Crippen LogP contribution in [0.15, 0.2) is 60.8 Å². The first-order valence-corrected chi connectivity index (χ1v) is 15.8. The molecule has 2 aromatic carbocycles. The van der Waals surface area contributed by atoms with E-state index in [9.17, 15) is 13.6 Å². The van der Waals surface area contributed by atoms with Gasteiger partial charge in [0.2, 0.25) is 0 Å². The van der Waals surface area contributed by atoms with Gasteiger partial charge in [-0.3, -0.25) is 4.79 Å². The summed E-state index contributed by atoms with van der Waals surface area (Å²) >= 11 is 0. The number of ether oxygens (including phenoxy) is 2. The van der Waals surface area contributed by atoms with Gasteiger partial charge in [-0.2, -0.15) is 0 Å². The SMILES string of the molecule is CC.COc1ccc(CN2Cc3nc(-c4c(F)cccc4F)cc(Nc4ccc(N5CCC6(CC5)CC6)cn4)c3C2=O)c(OC)c1. The molecule has 2 aromatic heterocycles. The fraction of sp³-hybridized carbons (Fsp3) is 0.361. The minimum Gasteiger partial charge on any atom is -0.497 e. The monoisotopic (exact) mass is 627 g/mol. The van der Waals surface area contributed by atoms with Crippen molar-refractivity contribution in [3.05, 3.63) is 89.2 Å². The van der Waals surface area contributed by atoms with Gasteiger partial charge >= 0.3 is 0 Å². The summed E-state index contributed by atoms with van der Waals surface area (Å²) in [6.45, 7) is 6.44. The van der Waals surface area contributed by atoms with Crippen LogP contribution in [0.2, 0.25) is 0 Å². The molecule has 1 amide bonds. The third kappa shape index (κ3) is 6.08. The van der Waals surface area contributed by atoms with Gasteiger partial charge < -0.3 is 24.6 Å². The first-order valence-electron chi connectivity index (χ1n) is 15.8. The third-order valence-electron chi connectivity index (χ3n) is 9.17.